The zero-order valence-electron chi connectivity index (χ0n) is 13.5. The van der Waals surface area contributed by atoms with Gasteiger partial charge in [-0.05, 0) is 59.9 Å². The molecule has 0 radical (unpaired) electrons. The monoisotopic (exact) mass is 285 g/mol. The van der Waals surface area contributed by atoms with Crippen LogP contribution in [0.1, 0.15) is 33.1 Å². The van der Waals surface area contributed by atoms with Crippen LogP contribution in [0.3, 0.4) is 0 Å². The molecule has 20 heavy (non-hydrogen) atoms. The van der Waals surface area contributed by atoms with Crippen LogP contribution >= 0.6 is 0 Å². The summed E-state index contributed by atoms with van der Waals surface area (Å²) >= 11 is 0. The summed E-state index contributed by atoms with van der Waals surface area (Å²) in [6.45, 7) is 8.36. The summed E-state index contributed by atoms with van der Waals surface area (Å²) < 4.78 is 5.12. The molecule has 1 aliphatic rings. The van der Waals surface area contributed by atoms with Crippen LogP contribution in [-0.2, 0) is 9.53 Å². The zero-order chi connectivity index (χ0) is 15.0. The normalized spacial score (nSPS) is 19.2. The predicted molar refractivity (Wildman–Crippen MR) is 81.9 cm³/mol. The number of carbonyl (C=O) groups is 1. The molecular weight excluding hydrogens is 254 g/mol. The number of nitrogens with one attached hydrogen (secondary N) is 1. The average molecular weight is 285 g/mol. The van der Waals surface area contributed by atoms with Gasteiger partial charge in [-0.2, -0.15) is 0 Å². The number of piperidine rings is 1. The van der Waals surface area contributed by atoms with Gasteiger partial charge in [0, 0.05) is 12.6 Å². The fourth-order valence-electron chi connectivity index (χ4n) is 2.76. The summed E-state index contributed by atoms with van der Waals surface area (Å²) in [5.74, 6) is -0.113. The predicted octanol–water partition coefficient (Wildman–Crippen LogP) is 0.944. The van der Waals surface area contributed by atoms with E-state index < -0.39 is 0 Å². The topological polar surface area (TPSA) is 44.8 Å². The highest BCUT2D eigenvalue weighted by Crippen LogP contribution is 2.14. The van der Waals surface area contributed by atoms with E-state index in [0.29, 0.717) is 12.6 Å². The maximum Gasteiger partial charge on any atom is 0.323 e. The lowest BCUT2D eigenvalue weighted by Gasteiger charge is -2.35. The number of esters is 1. The zero-order valence-corrected chi connectivity index (χ0v) is 13.5. The SMILES string of the molecule is CCNC(CCN1CCC(N(C)C)CC1)C(=O)OCC. The molecule has 1 unspecified atom stereocenters. The minimum atomic E-state index is -0.161. The van der Waals surface area contributed by atoms with Crippen molar-refractivity contribution in [1.29, 1.82) is 0 Å². The van der Waals surface area contributed by atoms with Gasteiger partial charge in [0.1, 0.15) is 6.04 Å². The number of ether oxygens (including phenoxy) is 1. The van der Waals surface area contributed by atoms with Crippen molar-refractivity contribution in [2.75, 3.05) is 46.9 Å². The Labute approximate surface area is 123 Å². The van der Waals surface area contributed by atoms with Gasteiger partial charge in [-0.3, -0.25) is 4.79 Å². The van der Waals surface area contributed by atoms with E-state index in [4.69, 9.17) is 4.74 Å². The van der Waals surface area contributed by atoms with Gasteiger partial charge in [-0.15, -0.1) is 0 Å². The second-order valence-electron chi connectivity index (χ2n) is 5.69. The molecule has 1 aliphatic heterocycles. The molecule has 1 heterocycles. The van der Waals surface area contributed by atoms with Gasteiger partial charge in [0.15, 0.2) is 0 Å². The largest absolute Gasteiger partial charge is 0.465 e. The van der Waals surface area contributed by atoms with Crippen molar-refractivity contribution in [3.05, 3.63) is 0 Å². The first-order chi connectivity index (χ1) is 9.58. The molecule has 1 atom stereocenters. The Morgan fingerprint density at radius 2 is 2.00 bits per heavy atom. The van der Waals surface area contributed by atoms with E-state index in [-0.39, 0.29) is 12.0 Å². The highest BCUT2D eigenvalue weighted by atomic mass is 16.5. The van der Waals surface area contributed by atoms with E-state index >= 15 is 0 Å². The quantitative estimate of drug-likeness (QED) is 0.673. The summed E-state index contributed by atoms with van der Waals surface area (Å²) in [5, 5.41) is 3.22. The molecule has 0 aromatic carbocycles. The number of likely N-dealkylation sites (N-methyl/N-ethyl adjacent to an activating group) is 1. The molecule has 1 saturated heterocycles. The first kappa shape index (κ1) is 17.4. The van der Waals surface area contributed by atoms with Gasteiger partial charge >= 0.3 is 5.97 Å². The third-order valence-corrected chi connectivity index (χ3v) is 4.04. The molecule has 0 bridgehead atoms. The lowest BCUT2D eigenvalue weighted by molar-refractivity contribution is -0.145. The van der Waals surface area contributed by atoms with E-state index in [1.54, 1.807) is 0 Å². The van der Waals surface area contributed by atoms with Crippen molar-refractivity contribution in [2.45, 2.75) is 45.2 Å². The second kappa shape index (κ2) is 9.32. The molecule has 118 valence electrons. The molecule has 5 nitrogen and oxygen atoms in total. The van der Waals surface area contributed by atoms with Gasteiger partial charge in [-0.25, -0.2) is 0 Å². The lowest BCUT2D eigenvalue weighted by Crippen LogP contribution is -2.45. The van der Waals surface area contributed by atoms with Crippen molar-refractivity contribution < 1.29 is 9.53 Å². The maximum absolute atomic E-state index is 11.8. The number of hydrogen-bond acceptors (Lipinski definition) is 5. The van der Waals surface area contributed by atoms with Gasteiger partial charge in [0.2, 0.25) is 0 Å². The Bertz CT molecular complexity index is 276. The Kier molecular flexibility index (Phi) is 8.11. The molecule has 0 spiro atoms. The van der Waals surface area contributed by atoms with Gasteiger partial charge in [0.25, 0.3) is 0 Å². The van der Waals surface area contributed by atoms with Crippen LogP contribution in [0.4, 0.5) is 0 Å². The smallest absolute Gasteiger partial charge is 0.323 e. The standard InChI is InChI=1S/C15H31N3O2/c1-5-16-14(15(19)20-6-2)9-12-18-10-7-13(8-11-18)17(3)4/h13-14,16H,5-12H2,1-4H3. The Balaban J connectivity index is 2.31. The second-order valence-corrected chi connectivity index (χ2v) is 5.69. The molecular formula is C15H31N3O2. The van der Waals surface area contributed by atoms with Crippen LogP contribution < -0.4 is 5.32 Å². The third-order valence-electron chi connectivity index (χ3n) is 4.04. The molecule has 0 saturated carbocycles. The van der Waals surface area contributed by atoms with Crippen molar-refractivity contribution in [1.82, 2.24) is 15.1 Å². The first-order valence-corrected chi connectivity index (χ1v) is 7.87. The van der Waals surface area contributed by atoms with Crippen LogP contribution in [0.2, 0.25) is 0 Å². The number of rotatable bonds is 8. The van der Waals surface area contributed by atoms with E-state index in [2.05, 4.69) is 29.2 Å². The van der Waals surface area contributed by atoms with Crippen molar-refractivity contribution in [3.8, 4) is 0 Å². The van der Waals surface area contributed by atoms with E-state index in [0.717, 1.165) is 32.6 Å². The summed E-state index contributed by atoms with van der Waals surface area (Å²) in [6, 6.07) is 0.549. The van der Waals surface area contributed by atoms with Gasteiger partial charge in [0.05, 0.1) is 6.61 Å². The Hall–Kier alpha value is -0.650. The summed E-state index contributed by atoms with van der Waals surface area (Å²) in [6.07, 6.45) is 3.27. The average Bonchev–Trinajstić information content (AvgIpc) is 2.44. The van der Waals surface area contributed by atoms with Crippen LogP contribution in [0.5, 0.6) is 0 Å². The van der Waals surface area contributed by atoms with E-state index in [1.165, 1.54) is 12.8 Å². The molecule has 1 N–H and O–H groups in total. The van der Waals surface area contributed by atoms with Gasteiger partial charge < -0.3 is 19.9 Å². The highest BCUT2D eigenvalue weighted by Gasteiger charge is 2.23. The molecule has 0 aliphatic carbocycles. The number of carbonyl (C=O) groups excluding carboxylic acids is 1. The van der Waals surface area contributed by atoms with Gasteiger partial charge in [-0.1, -0.05) is 6.92 Å². The fourth-order valence-corrected chi connectivity index (χ4v) is 2.76. The Morgan fingerprint density at radius 1 is 1.35 bits per heavy atom. The lowest BCUT2D eigenvalue weighted by atomic mass is 10.0. The molecule has 1 rings (SSSR count). The van der Waals surface area contributed by atoms with E-state index in [1.807, 2.05) is 13.8 Å². The van der Waals surface area contributed by atoms with Crippen LogP contribution in [0.15, 0.2) is 0 Å². The van der Waals surface area contributed by atoms with Crippen LogP contribution in [0, 0.1) is 0 Å². The minimum Gasteiger partial charge on any atom is -0.465 e. The van der Waals surface area contributed by atoms with Crippen molar-refractivity contribution in [2.24, 2.45) is 0 Å². The van der Waals surface area contributed by atoms with Crippen molar-refractivity contribution in [3.63, 3.8) is 0 Å². The molecule has 0 aromatic heterocycles. The summed E-state index contributed by atoms with van der Waals surface area (Å²) in [5.41, 5.74) is 0. The number of hydrogen-bond donors (Lipinski definition) is 1. The summed E-state index contributed by atoms with van der Waals surface area (Å²) in [4.78, 5) is 16.6. The molecule has 1 fully saturated rings. The first-order valence-electron chi connectivity index (χ1n) is 7.87. The number of nitrogens with zero attached hydrogens (tertiary/aromatic N) is 2. The highest BCUT2D eigenvalue weighted by molar-refractivity contribution is 5.75. The van der Waals surface area contributed by atoms with E-state index in [9.17, 15) is 4.79 Å². The van der Waals surface area contributed by atoms with Crippen molar-refractivity contribution >= 4 is 5.97 Å². The molecule has 5 heteroatoms. The third kappa shape index (κ3) is 5.77. The molecule has 0 amide bonds. The maximum atomic E-state index is 11.8. The van der Waals surface area contributed by atoms with Crippen LogP contribution in [-0.4, -0.2) is 74.7 Å². The molecule has 0 aromatic rings. The Morgan fingerprint density at radius 3 is 2.50 bits per heavy atom. The number of likely N-dealkylation sites (tertiary alicyclic amines) is 1. The van der Waals surface area contributed by atoms with Crippen LogP contribution in [0.25, 0.3) is 0 Å². The summed E-state index contributed by atoms with van der Waals surface area (Å²) in [7, 11) is 4.31. The fraction of sp³-hybridized carbons (Fsp3) is 0.933. The minimum absolute atomic E-state index is 0.113.